The predicted octanol–water partition coefficient (Wildman–Crippen LogP) is 0.271. The van der Waals surface area contributed by atoms with Gasteiger partial charge < -0.3 is 19.4 Å². The van der Waals surface area contributed by atoms with E-state index in [1.807, 2.05) is 28.8 Å². The highest BCUT2D eigenvalue weighted by Gasteiger charge is 2.27. The number of aromatic nitrogens is 6. The molecule has 1 N–H and O–H groups in total. The van der Waals surface area contributed by atoms with Crippen molar-refractivity contribution in [3.8, 4) is 0 Å². The smallest absolute Gasteiger partial charge is 0.291 e. The number of anilines is 1. The fraction of sp³-hybridized carbons (Fsp3) is 0.357. The van der Waals surface area contributed by atoms with E-state index in [1.54, 1.807) is 11.9 Å². The molecule has 0 atom stereocenters. The van der Waals surface area contributed by atoms with Crippen LogP contribution < -0.4 is 4.90 Å². The van der Waals surface area contributed by atoms with Crippen molar-refractivity contribution in [2.45, 2.75) is 13.1 Å². The third kappa shape index (κ3) is 2.12. The molecule has 0 fully saturated rings. The summed E-state index contributed by atoms with van der Waals surface area (Å²) in [6.07, 6.45) is 3.37. The summed E-state index contributed by atoms with van der Waals surface area (Å²) >= 11 is 0. The Morgan fingerprint density at radius 2 is 2.17 bits per heavy atom. The first-order valence-corrected chi connectivity index (χ1v) is 7.32. The number of nitrogens with one attached hydrogen (secondary N) is 1. The quantitative estimate of drug-likeness (QED) is 0.746. The molecule has 0 bridgehead atoms. The Morgan fingerprint density at radius 3 is 3.04 bits per heavy atom. The van der Waals surface area contributed by atoms with E-state index >= 15 is 0 Å². The van der Waals surface area contributed by atoms with Crippen LogP contribution in [0.1, 0.15) is 16.4 Å². The van der Waals surface area contributed by atoms with E-state index in [9.17, 15) is 4.79 Å². The Labute approximate surface area is 132 Å². The van der Waals surface area contributed by atoms with Gasteiger partial charge in [0.25, 0.3) is 5.91 Å². The number of carbonyl (C=O) groups is 1. The number of hydrogen-bond donors (Lipinski definition) is 1. The van der Waals surface area contributed by atoms with Gasteiger partial charge in [0, 0.05) is 33.4 Å². The second kappa shape index (κ2) is 5.04. The molecule has 4 rings (SSSR count). The summed E-state index contributed by atoms with van der Waals surface area (Å²) in [5, 5.41) is 9.18. The minimum Gasteiger partial charge on any atom is -0.351 e. The van der Waals surface area contributed by atoms with Crippen LogP contribution in [0.25, 0.3) is 11.0 Å². The third-order valence-corrected chi connectivity index (χ3v) is 4.10. The fourth-order valence-corrected chi connectivity index (χ4v) is 2.82. The summed E-state index contributed by atoms with van der Waals surface area (Å²) in [6.45, 7) is 1.88. The van der Waals surface area contributed by atoms with Crippen LogP contribution in [0, 0.1) is 0 Å². The maximum absolute atomic E-state index is 12.1. The normalized spacial score (nSPS) is 14.3. The Bertz CT molecular complexity index is 882. The topological polar surface area (TPSA) is 95.8 Å². The second-order valence-corrected chi connectivity index (χ2v) is 5.61. The summed E-state index contributed by atoms with van der Waals surface area (Å²) < 4.78 is 1.88. The molecule has 0 spiro atoms. The summed E-state index contributed by atoms with van der Waals surface area (Å²) in [5.41, 5.74) is 0.793. The SMILES string of the molecule is CN1CCn2c(CN(C)c3ncnc4[nH]ccc34)nnc2C1=O. The van der Waals surface area contributed by atoms with Crippen molar-refractivity contribution in [2.24, 2.45) is 0 Å². The number of hydrogen-bond acceptors (Lipinski definition) is 6. The number of likely N-dealkylation sites (N-methyl/N-ethyl adjacent to an activating group) is 1. The molecule has 4 heterocycles. The number of carbonyl (C=O) groups excluding carboxylic acids is 1. The molecule has 0 radical (unpaired) electrons. The molecule has 1 aliphatic rings. The monoisotopic (exact) mass is 312 g/mol. The number of aromatic amines is 1. The van der Waals surface area contributed by atoms with E-state index in [-0.39, 0.29) is 5.91 Å². The summed E-state index contributed by atoms with van der Waals surface area (Å²) in [7, 11) is 3.71. The first-order valence-electron chi connectivity index (χ1n) is 7.32. The van der Waals surface area contributed by atoms with Crippen molar-refractivity contribution < 1.29 is 4.79 Å². The van der Waals surface area contributed by atoms with Gasteiger partial charge in [-0.05, 0) is 6.07 Å². The highest BCUT2D eigenvalue weighted by molar-refractivity contribution is 5.91. The minimum atomic E-state index is -0.0901. The zero-order valence-electron chi connectivity index (χ0n) is 12.9. The van der Waals surface area contributed by atoms with Crippen LogP contribution in [-0.4, -0.2) is 61.2 Å². The van der Waals surface area contributed by atoms with Crippen molar-refractivity contribution in [1.82, 2.24) is 34.6 Å². The first-order chi connectivity index (χ1) is 11.1. The van der Waals surface area contributed by atoms with Gasteiger partial charge in [-0.25, -0.2) is 9.97 Å². The van der Waals surface area contributed by atoms with Gasteiger partial charge in [-0.15, -0.1) is 10.2 Å². The lowest BCUT2D eigenvalue weighted by atomic mass is 10.3. The molecule has 23 heavy (non-hydrogen) atoms. The van der Waals surface area contributed by atoms with Crippen LogP contribution in [0.5, 0.6) is 0 Å². The molecule has 1 aliphatic heterocycles. The molecule has 0 aliphatic carbocycles. The molecule has 3 aromatic heterocycles. The summed E-state index contributed by atoms with van der Waals surface area (Å²) in [4.78, 5) is 27.4. The molecule has 3 aromatic rings. The number of amides is 1. The molecule has 0 saturated heterocycles. The first kappa shape index (κ1) is 13.7. The molecule has 0 aromatic carbocycles. The molecular weight excluding hydrogens is 296 g/mol. The number of fused-ring (bicyclic) bond motifs is 2. The lowest BCUT2D eigenvalue weighted by Gasteiger charge is -2.24. The predicted molar refractivity (Wildman–Crippen MR) is 83.0 cm³/mol. The van der Waals surface area contributed by atoms with E-state index in [4.69, 9.17) is 0 Å². The maximum Gasteiger partial charge on any atom is 0.291 e. The Kier molecular flexibility index (Phi) is 3.00. The largest absolute Gasteiger partial charge is 0.351 e. The van der Waals surface area contributed by atoms with Gasteiger partial charge in [0.05, 0.1) is 11.9 Å². The van der Waals surface area contributed by atoms with E-state index in [0.717, 1.165) is 22.7 Å². The van der Waals surface area contributed by atoms with Gasteiger partial charge in [-0.3, -0.25) is 4.79 Å². The number of H-pyrrole nitrogens is 1. The Balaban J connectivity index is 1.65. The Morgan fingerprint density at radius 1 is 1.30 bits per heavy atom. The fourth-order valence-electron chi connectivity index (χ4n) is 2.82. The van der Waals surface area contributed by atoms with Crippen LogP contribution in [0.15, 0.2) is 18.6 Å². The van der Waals surface area contributed by atoms with Crippen LogP contribution >= 0.6 is 0 Å². The third-order valence-electron chi connectivity index (χ3n) is 4.10. The summed E-state index contributed by atoms with van der Waals surface area (Å²) in [6, 6.07) is 1.94. The Hall–Kier alpha value is -2.97. The van der Waals surface area contributed by atoms with Crippen molar-refractivity contribution in [3.63, 3.8) is 0 Å². The standard InChI is InChI=1S/C14H16N8O/c1-20-5-6-22-10(18-19-13(22)14(20)23)7-21(2)12-9-3-4-15-11(9)16-8-17-12/h3-4,8H,5-7H2,1-2H3,(H,15,16,17). The highest BCUT2D eigenvalue weighted by atomic mass is 16.2. The molecule has 0 unspecified atom stereocenters. The van der Waals surface area contributed by atoms with Crippen LogP contribution in [0.3, 0.4) is 0 Å². The van der Waals surface area contributed by atoms with Gasteiger partial charge in [0.2, 0.25) is 5.82 Å². The maximum atomic E-state index is 12.1. The van der Waals surface area contributed by atoms with Gasteiger partial charge in [0.15, 0.2) is 5.82 Å². The molecular formula is C14H16N8O. The van der Waals surface area contributed by atoms with Crippen LogP contribution in [0.2, 0.25) is 0 Å². The van der Waals surface area contributed by atoms with Crippen LogP contribution in [-0.2, 0) is 13.1 Å². The van der Waals surface area contributed by atoms with E-state index in [1.165, 1.54) is 6.33 Å². The zero-order valence-corrected chi connectivity index (χ0v) is 12.9. The highest BCUT2D eigenvalue weighted by Crippen LogP contribution is 2.22. The molecule has 118 valence electrons. The van der Waals surface area contributed by atoms with Gasteiger partial charge in [-0.1, -0.05) is 0 Å². The average molecular weight is 312 g/mol. The molecule has 9 heteroatoms. The number of nitrogens with zero attached hydrogens (tertiary/aromatic N) is 7. The summed E-state index contributed by atoms with van der Waals surface area (Å²) in [5.74, 6) is 1.88. The minimum absolute atomic E-state index is 0.0901. The lowest BCUT2D eigenvalue weighted by molar-refractivity contribution is 0.0740. The molecule has 0 saturated carbocycles. The van der Waals surface area contributed by atoms with Crippen molar-refractivity contribution in [1.29, 1.82) is 0 Å². The van der Waals surface area contributed by atoms with Crippen molar-refractivity contribution in [2.75, 3.05) is 25.5 Å². The van der Waals surface area contributed by atoms with Crippen molar-refractivity contribution >= 4 is 22.8 Å². The second-order valence-electron chi connectivity index (χ2n) is 5.61. The van der Waals surface area contributed by atoms with Gasteiger partial charge in [0.1, 0.15) is 17.8 Å². The molecule has 9 nitrogen and oxygen atoms in total. The van der Waals surface area contributed by atoms with Gasteiger partial charge in [-0.2, -0.15) is 0 Å². The van der Waals surface area contributed by atoms with Gasteiger partial charge >= 0.3 is 0 Å². The lowest BCUT2D eigenvalue weighted by Crippen LogP contribution is -2.38. The van der Waals surface area contributed by atoms with Crippen LogP contribution in [0.4, 0.5) is 5.82 Å². The molecule has 1 amide bonds. The zero-order chi connectivity index (χ0) is 16.0. The van der Waals surface area contributed by atoms with E-state index in [2.05, 4.69) is 25.1 Å². The number of rotatable bonds is 3. The average Bonchev–Trinajstić information content (AvgIpc) is 3.17. The van der Waals surface area contributed by atoms with E-state index < -0.39 is 0 Å². The van der Waals surface area contributed by atoms with Crippen molar-refractivity contribution in [3.05, 3.63) is 30.2 Å². The van der Waals surface area contributed by atoms with E-state index in [0.29, 0.717) is 25.5 Å².